The molecule has 0 unspecified atom stereocenters. The van der Waals surface area contributed by atoms with Gasteiger partial charge in [0.2, 0.25) is 0 Å². The first-order chi connectivity index (χ1) is 13.5. The van der Waals surface area contributed by atoms with E-state index in [9.17, 15) is 8.78 Å². The van der Waals surface area contributed by atoms with Gasteiger partial charge in [-0.05, 0) is 55.0 Å². The fraction of sp³-hybridized carbons (Fsp3) is 0.273. The van der Waals surface area contributed by atoms with E-state index in [4.69, 9.17) is 9.47 Å². The van der Waals surface area contributed by atoms with Crippen LogP contribution >= 0.6 is 11.3 Å². The number of thiophene rings is 1. The van der Waals surface area contributed by atoms with Crippen LogP contribution in [-0.4, -0.2) is 25.2 Å². The molecule has 0 N–H and O–H groups in total. The van der Waals surface area contributed by atoms with Gasteiger partial charge < -0.3 is 9.47 Å². The molecule has 4 rings (SSSR count). The molecule has 0 spiro atoms. The molecule has 3 nitrogen and oxygen atoms in total. The molecule has 1 aliphatic heterocycles. The topological polar surface area (TPSA) is 21.7 Å². The van der Waals surface area contributed by atoms with Gasteiger partial charge in [0.1, 0.15) is 18.2 Å². The molecule has 0 atom stereocenters. The molecular weight excluding hydrogens is 380 g/mol. The largest absolute Gasteiger partial charge is 0.493 e. The number of methoxy groups -OCH3 is 1. The molecule has 0 amide bonds. The summed E-state index contributed by atoms with van der Waals surface area (Å²) in [5.41, 5.74) is 2.39. The number of rotatable bonds is 4. The van der Waals surface area contributed by atoms with Crippen molar-refractivity contribution in [3.8, 4) is 21.9 Å². The summed E-state index contributed by atoms with van der Waals surface area (Å²) >= 11 is 1.72. The maximum Gasteiger partial charge on any atom is 0.165 e. The Morgan fingerprint density at radius 3 is 2.75 bits per heavy atom. The van der Waals surface area contributed by atoms with Crippen LogP contribution in [0.4, 0.5) is 8.78 Å². The van der Waals surface area contributed by atoms with E-state index in [1.807, 2.05) is 6.07 Å². The Labute approximate surface area is 167 Å². The number of hydrogen-bond donors (Lipinski definition) is 0. The zero-order chi connectivity index (χ0) is 19.7. The Kier molecular flexibility index (Phi) is 5.33. The number of benzene rings is 2. The third kappa shape index (κ3) is 3.88. The van der Waals surface area contributed by atoms with E-state index in [0.29, 0.717) is 37.6 Å². The highest BCUT2D eigenvalue weighted by Gasteiger charge is 2.22. The average molecular weight is 401 g/mol. The van der Waals surface area contributed by atoms with Gasteiger partial charge in [-0.25, -0.2) is 8.78 Å². The van der Waals surface area contributed by atoms with E-state index < -0.39 is 11.6 Å². The Morgan fingerprint density at radius 1 is 1.14 bits per heavy atom. The van der Waals surface area contributed by atoms with E-state index in [1.54, 1.807) is 18.4 Å². The van der Waals surface area contributed by atoms with Crippen molar-refractivity contribution in [3.05, 3.63) is 70.1 Å². The number of aryl methyl sites for hydroxylation is 1. The number of ether oxygens (including phenoxy) is 2. The second-order valence-electron chi connectivity index (χ2n) is 6.87. The molecule has 1 aliphatic rings. The van der Waals surface area contributed by atoms with E-state index in [2.05, 4.69) is 30.0 Å². The van der Waals surface area contributed by atoms with Crippen LogP contribution in [0.2, 0.25) is 0 Å². The third-order valence-electron chi connectivity index (χ3n) is 4.83. The van der Waals surface area contributed by atoms with Crippen molar-refractivity contribution in [2.75, 3.05) is 20.3 Å². The lowest BCUT2D eigenvalue weighted by atomic mass is 10.1. The molecule has 0 radical (unpaired) electrons. The number of hydrogen-bond acceptors (Lipinski definition) is 4. The zero-order valence-corrected chi connectivity index (χ0v) is 16.6. The summed E-state index contributed by atoms with van der Waals surface area (Å²) in [5.74, 6) is 0.589. The van der Waals surface area contributed by atoms with Gasteiger partial charge >= 0.3 is 0 Å². The van der Waals surface area contributed by atoms with Crippen molar-refractivity contribution in [3.63, 3.8) is 0 Å². The first kappa shape index (κ1) is 18.9. The lowest BCUT2D eigenvalue weighted by Crippen LogP contribution is -2.25. The number of fused-ring (bicyclic) bond motifs is 1. The summed E-state index contributed by atoms with van der Waals surface area (Å²) in [4.78, 5) is 4.46. The van der Waals surface area contributed by atoms with E-state index in [-0.39, 0.29) is 0 Å². The average Bonchev–Trinajstić information content (AvgIpc) is 3.01. The summed E-state index contributed by atoms with van der Waals surface area (Å²) in [5, 5.41) is 0. The van der Waals surface area contributed by atoms with Crippen LogP contribution in [0.3, 0.4) is 0 Å². The summed E-state index contributed by atoms with van der Waals surface area (Å²) in [6.07, 6.45) is 0. The molecule has 2 heterocycles. The van der Waals surface area contributed by atoms with E-state index in [1.165, 1.54) is 17.0 Å². The molecule has 1 aromatic heterocycles. The number of nitrogens with zero attached hydrogens (tertiary/aromatic N) is 1. The molecule has 0 bridgehead atoms. The zero-order valence-electron chi connectivity index (χ0n) is 15.8. The van der Waals surface area contributed by atoms with Gasteiger partial charge in [-0.15, -0.1) is 11.3 Å². The molecule has 3 aromatic rings. The van der Waals surface area contributed by atoms with Crippen LogP contribution in [0.5, 0.6) is 11.5 Å². The van der Waals surface area contributed by atoms with Gasteiger partial charge in [0.15, 0.2) is 11.5 Å². The maximum atomic E-state index is 14.1. The van der Waals surface area contributed by atoms with Crippen LogP contribution in [0.15, 0.2) is 42.5 Å². The lowest BCUT2D eigenvalue weighted by Gasteiger charge is -2.20. The van der Waals surface area contributed by atoms with Crippen molar-refractivity contribution in [2.24, 2.45) is 0 Å². The van der Waals surface area contributed by atoms with E-state index in [0.717, 1.165) is 27.8 Å². The molecule has 146 valence electrons. The van der Waals surface area contributed by atoms with Gasteiger partial charge in [-0.3, -0.25) is 4.90 Å². The summed E-state index contributed by atoms with van der Waals surface area (Å²) in [6.45, 7) is 4.03. The van der Waals surface area contributed by atoms with Crippen LogP contribution in [-0.2, 0) is 13.1 Å². The van der Waals surface area contributed by atoms with E-state index >= 15 is 0 Å². The van der Waals surface area contributed by atoms with Crippen molar-refractivity contribution < 1.29 is 18.3 Å². The minimum atomic E-state index is -0.431. The summed E-state index contributed by atoms with van der Waals surface area (Å²) in [7, 11) is 1.63. The van der Waals surface area contributed by atoms with Crippen LogP contribution in [0.25, 0.3) is 10.4 Å². The fourth-order valence-corrected chi connectivity index (χ4v) is 4.32. The maximum absolute atomic E-state index is 14.1. The first-order valence-electron chi connectivity index (χ1n) is 9.10. The second-order valence-corrected chi connectivity index (χ2v) is 8.16. The SMILES string of the molecule is COc1cc(-c2ccc(C)s2)cc2c1OCCN(Cc1cc(F)ccc1F)C2. The molecule has 2 aromatic carbocycles. The minimum absolute atomic E-state index is 0.317. The second kappa shape index (κ2) is 7.89. The molecule has 28 heavy (non-hydrogen) atoms. The van der Waals surface area contributed by atoms with Crippen molar-refractivity contribution in [1.29, 1.82) is 0 Å². The smallest absolute Gasteiger partial charge is 0.165 e. The predicted octanol–water partition coefficient (Wildman–Crippen LogP) is 5.40. The van der Waals surface area contributed by atoms with Crippen LogP contribution in [0.1, 0.15) is 16.0 Å². The Morgan fingerprint density at radius 2 is 2.00 bits per heavy atom. The Balaban J connectivity index is 1.67. The standard InChI is InChI=1S/C22H21F2NO2S/c1-14-3-6-21(28-14)15-9-17-13-25(7-8-27-22(17)20(11-15)26-2)12-16-10-18(23)4-5-19(16)24/h3-6,9-11H,7-8,12-13H2,1-2H3. The van der Waals surface area contributed by atoms with Gasteiger partial charge in [-0.1, -0.05) is 0 Å². The normalized spacial score (nSPS) is 14.3. The van der Waals surface area contributed by atoms with Crippen LogP contribution in [0, 0.1) is 18.6 Å². The summed E-state index contributed by atoms with van der Waals surface area (Å²) in [6, 6.07) is 11.8. The third-order valence-corrected chi connectivity index (χ3v) is 5.88. The highest BCUT2D eigenvalue weighted by atomic mass is 32.1. The molecule has 6 heteroatoms. The van der Waals surface area contributed by atoms with Crippen LogP contribution < -0.4 is 9.47 Å². The molecule has 0 saturated heterocycles. The Bertz CT molecular complexity index is 1000. The summed E-state index contributed by atoms with van der Waals surface area (Å²) < 4.78 is 39.2. The quantitative estimate of drug-likeness (QED) is 0.584. The number of halogens is 2. The fourth-order valence-electron chi connectivity index (χ4n) is 3.46. The molecular formula is C22H21F2NO2S. The first-order valence-corrected chi connectivity index (χ1v) is 9.92. The van der Waals surface area contributed by atoms with Crippen molar-refractivity contribution in [2.45, 2.75) is 20.0 Å². The molecule has 0 fully saturated rings. The minimum Gasteiger partial charge on any atom is -0.493 e. The van der Waals surface area contributed by atoms with Crippen molar-refractivity contribution >= 4 is 11.3 Å². The molecule has 0 aliphatic carbocycles. The monoisotopic (exact) mass is 401 g/mol. The van der Waals surface area contributed by atoms with Crippen molar-refractivity contribution in [1.82, 2.24) is 4.90 Å². The van der Waals surface area contributed by atoms with Gasteiger partial charge in [-0.2, -0.15) is 0 Å². The van der Waals surface area contributed by atoms with Gasteiger partial charge in [0.05, 0.1) is 7.11 Å². The van der Waals surface area contributed by atoms with Gasteiger partial charge in [0, 0.05) is 40.5 Å². The predicted molar refractivity (Wildman–Crippen MR) is 107 cm³/mol. The Hall–Kier alpha value is -2.44. The lowest BCUT2D eigenvalue weighted by molar-refractivity contribution is 0.214. The molecule has 0 saturated carbocycles. The highest BCUT2D eigenvalue weighted by molar-refractivity contribution is 7.15. The highest BCUT2D eigenvalue weighted by Crippen LogP contribution is 2.40. The van der Waals surface area contributed by atoms with Gasteiger partial charge in [0.25, 0.3) is 0 Å².